The number of hydrogen-bond donors (Lipinski definition) is 3. The van der Waals surface area contributed by atoms with Crippen molar-refractivity contribution in [2.75, 3.05) is 31.2 Å². The molecule has 3 N–H and O–H groups in total. The second kappa shape index (κ2) is 6.55. The first kappa shape index (κ1) is 15.3. The number of carboxylic acid groups (broad SMARTS) is 1. The highest BCUT2D eigenvalue weighted by Gasteiger charge is 2.39. The van der Waals surface area contributed by atoms with Crippen LogP contribution in [-0.2, 0) is 11.2 Å². The smallest absolute Gasteiger partial charge is 0.327 e. The van der Waals surface area contributed by atoms with Crippen molar-refractivity contribution in [3.05, 3.63) is 29.8 Å². The average molecular weight is 294 g/mol. The Labute approximate surface area is 122 Å². The molecule has 2 amide bonds. The average Bonchev–Trinajstić information content (AvgIpc) is 2.86. The first-order valence-electron chi connectivity index (χ1n) is 6.70. The number of amides is 2. The summed E-state index contributed by atoms with van der Waals surface area (Å²) in [5, 5.41) is 27.4. The van der Waals surface area contributed by atoms with E-state index in [0.29, 0.717) is 5.69 Å². The highest BCUT2D eigenvalue weighted by atomic mass is 16.4. The van der Waals surface area contributed by atoms with E-state index in [2.05, 4.69) is 0 Å². The maximum absolute atomic E-state index is 12.6. The number of aliphatic carboxylic acids is 1. The summed E-state index contributed by atoms with van der Waals surface area (Å²) in [6.07, 6.45) is 0.253. The van der Waals surface area contributed by atoms with E-state index in [0.717, 1.165) is 5.56 Å². The Balaban J connectivity index is 2.33. The Morgan fingerprint density at radius 1 is 1.19 bits per heavy atom. The summed E-state index contributed by atoms with van der Waals surface area (Å²) < 4.78 is 0. The number of urea groups is 1. The molecule has 7 heteroatoms. The second-order valence-corrected chi connectivity index (χ2v) is 4.77. The molecule has 0 aromatic heterocycles. The molecule has 2 rings (SSSR count). The molecule has 0 radical (unpaired) electrons. The van der Waals surface area contributed by atoms with Crippen LogP contribution in [0, 0.1) is 0 Å². The molecule has 0 saturated heterocycles. The summed E-state index contributed by atoms with van der Waals surface area (Å²) in [5.41, 5.74) is 1.36. The molecular formula is C14H18N2O5. The van der Waals surface area contributed by atoms with Crippen LogP contribution in [0.25, 0.3) is 0 Å². The number of hydrogen-bond acceptors (Lipinski definition) is 4. The van der Waals surface area contributed by atoms with Crippen LogP contribution < -0.4 is 4.90 Å². The van der Waals surface area contributed by atoms with Crippen molar-refractivity contribution in [2.24, 2.45) is 0 Å². The molecule has 1 atom stereocenters. The van der Waals surface area contributed by atoms with Gasteiger partial charge in [-0.15, -0.1) is 0 Å². The van der Waals surface area contributed by atoms with Gasteiger partial charge in [0.25, 0.3) is 0 Å². The minimum atomic E-state index is -1.08. The van der Waals surface area contributed by atoms with Gasteiger partial charge >= 0.3 is 12.0 Å². The molecule has 0 bridgehead atoms. The van der Waals surface area contributed by atoms with E-state index in [1.807, 2.05) is 0 Å². The highest BCUT2D eigenvalue weighted by Crippen LogP contribution is 2.33. The van der Waals surface area contributed by atoms with Crippen LogP contribution in [-0.4, -0.2) is 64.6 Å². The van der Waals surface area contributed by atoms with Gasteiger partial charge in [0.05, 0.1) is 13.2 Å². The van der Waals surface area contributed by atoms with Gasteiger partial charge in [-0.25, -0.2) is 9.59 Å². The number of fused-ring (bicyclic) bond motifs is 1. The monoisotopic (exact) mass is 294 g/mol. The quantitative estimate of drug-likeness (QED) is 0.704. The molecule has 7 nitrogen and oxygen atoms in total. The van der Waals surface area contributed by atoms with E-state index >= 15 is 0 Å². The fraction of sp³-hybridized carbons (Fsp3) is 0.429. The Kier molecular flexibility index (Phi) is 4.77. The maximum atomic E-state index is 12.6. The number of anilines is 1. The fourth-order valence-electron chi connectivity index (χ4n) is 2.52. The SMILES string of the molecule is O=C(O)C1Cc2ccccc2N1C(=O)N(CCO)CCO. The van der Waals surface area contributed by atoms with Crippen molar-refractivity contribution >= 4 is 17.7 Å². The largest absolute Gasteiger partial charge is 0.480 e. The van der Waals surface area contributed by atoms with Crippen molar-refractivity contribution in [1.82, 2.24) is 4.90 Å². The van der Waals surface area contributed by atoms with E-state index in [-0.39, 0.29) is 32.7 Å². The van der Waals surface area contributed by atoms with Crippen LogP contribution in [0.4, 0.5) is 10.5 Å². The van der Waals surface area contributed by atoms with Crippen molar-refractivity contribution in [3.63, 3.8) is 0 Å². The summed E-state index contributed by atoms with van der Waals surface area (Å²) in [6.45, 7) is -0.410. The Hall–Kier alpha value is -2.12. The summed E-state index contributed by atoms with van der Waals surface area (Å²) >= 11 is 0. The molecule has 1 aromatic rings. The van der Waals surface area contributed by atoms with E-state index in [1.165, 1.54) is 9.80 Å². The van der Waals surface area contributed by atoms with Crippen LogP contribution in [0.3, 0.4) is 0 Å². The van der Waals surface area contributed by atoms with E-state index in [4.69, 9.17) is 10.2 Å². The van der Waals surface area contributed by atoms with Crippen LogP contribution in [0.5, 0.6) is 0 Å². The van der Waals surface area contributed by atoms with E-state index in [1.54, 1.807) is 24.3 Å². The van der Waals surface area contributed by atoms with Gasteiger partial charge in [0.1, 0.15) is 6.04 Å². The molecule has 1 aliphatic heterocycles. The molecule has 0 aliphatic carbocycles. The third kappa shape index (κ3) is 2.98. The zero-order valence-electron chi connectivity index (χ0n) is 11.5. The van der Waals surface area contributed by atoms with Crippen LogP contribution in [0.1, 0.15) is 5.56 Å². The zero-order valence-corrected chi connectivity index (χ0v) is 11.5. The molecule has 0 spiro atoms. The lowest BCUT2D eigenvalue weighted by molar-refractivity contribution is -0.138. The fourth-order valence-corrected chi connectivity index (χ4v) is 2.52. The molecule has 1 aromatic carbocycles. The molecule has 21 heavy (non-hydrogen) atoms. The summed E-state index contributed by atoms with van der Waals surface area (Å²) in [4.78, 5) is 26.5. The van der Waals surface area contributed by atoms with Crippen molar-refractivity contribution < 1.29 is 24.9 Å². The summed E-state index contributed by atoms with van der Waals surface area (Å²) in [5.74, 6) is -1.08. The number of aliphatic hydroxyl groups is 2. The van der Waals surface area contributed by atoms with Crippen molar-refractivity contribution in [3.8, 4) is 0 Å². The summed E-state index contributed by atoms with van der Waals surface area (Å²) in [6, 6.07) is 5.55. The molecule has 114 valence electrons. The molecule has 1 unspecified atom stereocenters. The van der Waals surface area contributed by atoms with Gasteiger partial charge < -0.3 is 20.2 Å². The van der Waals surface area contributed by atoms with Gasteiger partial charge in [-0.3, -0.25) is 4.90 Å². The zero-order chi connectivity index (χ0) is 15.4. The van der Waals surface area contributed by atoms with E-state index < -0.39 is 18.0 Å². The topological polar surface area (TPSA) is 101 Å². The lowest BCUT2D eigenvalue weighted by atomic mass is 10.1. The van der Waals surface area contributed by atoms with Crippen LogP contribution >= 0.6 is 0 Å². The number of carbonyl (C=O) groups excluding carboxylic acids is 1. The number of rotatable bonds is 5. The first-order chi connectivity index (χ1) is 10.1. The number of aliphatic hydroxyl groups excluding tert-OH is 2. The number of para-hydroxylation sites is 1. The van der Waals surface area contributed by atoms with Crippen molar-refractivity contribution in [2.45, 2.75) is 12.5 Å². The molecule has 0 saturated carbocycles. The Bertz CT molecular complexity index is 528. The van der Waals surface area contributed by atoms with Gasteiger partial charge in [-0.05, 0) is 11.6 Å². The number of carboxylic acids is 1. The predicted octanol–water partition coefficient (Wildman–Crippen LogP) is -0.0911. The van der Waals surface area contributed by atoms with E-state index in [9.17, 15) is 14.7 Å². The van der Waals surface area contributed by atoms with Gasteiger partial charge in [0.15, 0.2) is 0 Å². The van der Waals surface area contributed by atoms with Crippen molar-refractivity contribution in [1.29, 1.82) is 0 Å². The van der Waals surface area contributed by atoms with Gasteiger partial charge in [-0.1, -0.05) is 18.2 Å². The summed E-state index contributed by atoms with van der Waals surface area (Å²) in [7, 11) is 0. The number of benzene rings is 1. The molecule has 1 heterocycles. The third-order valence-corrected chi connectivity index (χ3v) is 3.48. The predicted molar refractivity (Wildman–Crippen MR) is 75.2 cm³/mol. The van der Waals surface area contributed by atoms with Gasteiger partial charge in [0, 0.05) is 25.2 Å². The highest BCUT2D eigenvalue weighted by molar-refractivity contribution is 6.01. The lowest BCUT2D eigenvalue weighted by Gasteiger charge is -2.30. The van der Waals surface area contributed by atoms with Crippen LogP contribution in [0.15, 0.2) is 24.3 Å². The minimum absolute atomic E-state index is 0.0460. The maximum Gasteiger partial charge on any atom is 0.327 e. The molecular weight excluding hydrogens is 276 g/mol. The standard InChI is InChI=1S/C14H18N2O5/c17-7-5-15(6-8-18)14(21)16-11-4-2-1-3-10(11)9-12(16)13(19)20/h1-4,12,17-18H,5-9H2,(H,19,20). The number of nitrogens with zero attached hydrogens (tertiary/aromatic N) is 2. The first-order valence-corrected chi connectivity index (χ1v) is 6.70. The van der Waals surface area contributed by atoms with Crippen LogP contribution in [0.2, 0.25) is 0 Å². The molecule has 1 aliphatic rings. The minimum Gasteiger partial charge on any atom is -0.480 e. The number of carbonyl (C=O) groups is 2. The Morgan fingerprint density at radius 2 is 1.81 bits per heavy atom. The molecule has 0 fully saturated rings. The Morgan fingerprint density at radius 3 is 2.38 bits per heavy atom. The van der Waals surface area contributed by atoms with Gasteiger partial charge in [-0.2, -0.15) is 0 Å². The third-order valence-electron chi connectivity index (χ3n) is 3.48. The second-order valence-electron chi connectivity index (χ2n) is 4.77. The normalized spacial score (nSPS) is 16.7. The van der Waals surface area contributed by atoms with Gasteiger partial charge in [0.2, 0.25) is 0 Å². The lowest BCUT2D eigenvalue weighted by Crippen LogP contribution is -2.51.